The van der Waals surface area contributed by atoms with Crippen molar-refractivity contribution in [1.82, 2.24) is 14.9 Å². The quantitative estimate of drug-likeness (QED) is 0.813. The van der Waals surface area contributed by atoms with Crippen LogP contribution >= 0.6 is 11.6 Å². The number of hydrogen-bond donors (Lipinski definition) is 0. The minimum absolute atomic E-state index is 0.152. The molecular formula is C13H17ClN4O2. The maximum Gasteiger partial charge on any atom is 0.245 e. The predicted octanol–water partition coefficient (Wildman–Crippen LogP) is 0.958. The maximum atomic E-state index is 12.6. The van der Waals surface area contributed by atoms with Crippen LogP contribution in [-0.4, -0.2) is 59.7 Å². The molecule has 6 nitrogen and oxygen atoms in total. The Hall–Kier alpha value is -1.40. The molecule has 0 spiro atoms. The molecule has 0 bridgehead atoms. The Kier molecular flexibility index (Phi) is 4.03. The zero-order valence-corrected chi connectivity index (χ0v) is 11.9. The summed E-state index contributed by atoms with van der Waals surface area (Å²) in [7, 11) is 0. The van der Waals surface area contributed by atoms with Gasteiger partial charge in [0, 0.05) is 19.6 Å². The monoisotopic (exact) mass is 296 g/mol. The van der Waals surface area contributed by atoms with E-state index in [1.54, 1.807) is 6.20 Å². The molecule has 3 rings (SSSR count). The van der Waals surface area contributed by atoms with Gasteiger partial charge in [0.1, 0.15) is 17.0 Å². The highest BCUT2D eigenvalue weighted by Gasteiger charge is 2.35. The highest BCUT2D eigenvalue weighted by Crippen LogP contribution is 2.25. The summed E-state index contributed by atoms with van der Waals surface area (Å²) in [5.74, 6) is 0.842. The van der Waals surface area contributed by atoms with Gasteiger partial charge in [0.15, 0.2) is 0 Å². The van der Waals surface area contributed by atoms with Crippen LogP contribution in [-0.2, 0) is 9.53 Å². The van der Waals surface area contributed by atoms with E-state index in [1.165, 1.54) is 6.20 Å². The molecular weight excluding hydrogens is 280 g/mol. The van der Waals surface area contributed by atoms with E-state index >= 15 is 0 Å². The highest BCUT2D eigenvalue weighted by atomic mass is 35.5. The first kappa shape index (κ1) is 13.6. The van der Waals surface area contributed by atoms with Crippen LogP contribution in [0, 0.1) is 0 Å². The van der Waals surface area contributed by atoms with Crippen LogP contribution in [0.25, 0.3) is 0 Å². The average molecular weight is 297 g/mol. The molecule has 2 aliphatic heterocycles. The fourth-order valence-corrected chi connectivity index (χ4v) is 2.91. The number of halogens is 1. The minimum atomic E-state index is -0.152. The van der Waals surface area contributed by atoms with Gasteiger partial charge in [0.05, 0.1) is 25.6 Å². The molecule has 108 valence electrons. The number of rotatable bonds is 2. The van der Waals surface area contributed by atoms with Crippen molar-refractivity contribution in [3.63, 3.8) is 0 Å². The second kappa shape index (κ2) is 5.93. The van der Waals surface area contributed by atoms with E-state index in [2.05, 4.69) is 9.97 Å². The number of morpholine rings is 1. The summed E-state index contributed by atoms with van der Waals surface area (Å²) in [4.78, 5) is 24.8. The summed E-state index contributed by atoms with van der Waals surface area (Å²) in [5.41, 5.74) is 0. The Bertz CT molecular complexity index is 493. The van der Waals surface area contributed by atoms with Crippen molar-refractivity contribution in [3.8, 4) is 0 Å². The first-order chi connectivity index (χ1) is 9.75. The molecule has 2 saturated heterocycles. The van der Waals surface area contributed by atoms with Crippen molar-refractivity contribution in [2.75, 3.05) is 37.7 Å². The fraction of sp³-hybridized carbons (Fsp3) is 0.615. The lowest BCUT2D eigenvalue weighted by atomic mass is 10.2. The number of amides is 1. The van der Waals surface area contributed by atoms with E-state index in [9.17, 15) is 4.79 Å². The first-order valence-corrected chi connectivity index (χ1v) is 7.24. The molecule has 1 amide bonds. The van der Waals surface area contributed by atoms with Gasteiger partial charge in [-0.1, -0.05) is 11.6 Å². The third-order valence-electron chi connectivity index (χ3n) is 3.75. The van der Waals surface area contributed by atoms with Crippen LogP contribution in [0.15, 0.2) is 12.4 Å². The van der Waals surface area contributed by atoms with Crippen LogP contribution in [0.4, 0.5) is 5.82 Å². The molecule has 0 N–H and O–H groups in total. The Labute approximate surface area is 122 Å². The van der Waals surface area contributed by atoms with Crippen LogP contribution < -0.4 is 4.90 Å². The van der Waals surface area contributed by atoms with E-state index in [0.29, 0.717) is 37.3 Å². The molecule has 1 aromatic rings. The summed E-state index contributed by atoms with van der Waals surface area (Å²) < 4.78 is 5.29. The molecule has 0 unspecified atom stereocenters. The minimum Gasteiger partial charge on any atom is -0.378 e. The molecule has 0 aromatic carbocycles. The van der Waals surface area contributed by atoms with Gasteiger partial charge >= 0.3 is 0 Å². The van der Waals surface area contributed by atoms with Gasteiger partial charge < -0.3 is 14.5 Å². The summed E-state index contributed by atoms with van der Waals surface area (Å²) in [5, 5.41) is 0.354. The van der Waals surface area contributed by atoms with Crippen molar-refractivity contribution in [2.24, 2.45) is 0 Å². The van der Waals surface area contributed by atoms with Gasteiger partial charge in [-0.2, -0.15) is 0 Å². The summed E-state index contributed by atoms with van der Waals surface area (Å²) in [6.07, 6.45) is 5.00. The number of hydrogen-bond acceptors (Lipinski definition) is 5. The van der Waals surface area contributed by atoms with Gasteiger partial charge in [-0.25, -0.2) is 4.98 Å². The Balaban J connectivity index is 1.76. The lowest BCUT2D eigenvalue weighted by molar-refractivity contribution is -0.136. The third-order valence-corrected chi connectivity index (χ3v) is 3.93. The molecule has 0 radical (unpaired) electrons. The number of carbonyl (C=O) groups excluding carboxylic acids is 1. The Morgan fingerprint density at radius 3 is 2.85 bits per heavy atom. The molecule has 1 atom stereocenters. The molecule has 20 heavy (non-hydrogen) atoms. The molecule has 3 heterocycles. The molecule has 7 heteroatoms. The zero-order valence-electron chi connectivity index (χ0n) is 11.2. The third kappa shape index (κ3) is 2.71. The topological polar surface area (TPSA) is 58.6 Å². The van der Waals surface area contributed by atoms with Gasteiger partial charge in [-0.15, -0.1) is 0 Å². The van der Waals surface area contributed by atoms with Crippen LogP contribution in [0.2, 0.25) is 5.15 Å². The zero-order chi connectivity index (χ0) is 13.9. The Morgan fingerprint density at radius 1 is 1.30 bits per heavy atom. The first-order valence-electron chi connectivity index (χ1n) is 6.86. The second-order valence-corrected chi connectivity index (χ2v) is 5.38. The summed E-state index contributed by atoms with van der Waals surface area (Å²) >= 11 is 5.89. The van der Waals surface area contributed by atoms with Gasteiger partial charge in [0.25, 0.3) is 0 Å². The van der Waals surface area contributed by atoms with Gasteiger partial charge in [0.2, 0.25) is 5.91 Å². The summed E-state index contributed by atoms with van der Waals surface area (Å²) in [6.45, 7) is 3.40. The highest BCUT2D eigenvalue weighted by molar-refractivity contribution is 6.29. The normalized spacial score (nSPS) is 23.1. The number of anilines is 1. The largest absolute Gasteiger partial charge is 0.378 e. The van der Waals surface area contributed by atoms with Crippen molar-refractivity contribution in [2.45, 2.75) is 18.9 Å². The standard InChI is InChI=1S/C13H17ClN4O2/c14-11-8-15-9-12(16-11)18-3-1-2-10(18)13(19)17-4-6-20-7-5-17/h8-10H,1-7H2/t10-/m1/s1. The number of carbonyl (C=O) groups is 1. The second-order valence-electron chi connectivity index (χ2n) is 4.99. The van der Waals surface area contributed by atoms with E-state index in [-0.39, 0.29) is 11.9 Å². The number of aromatic nitrogens is 2. The fourth-order valence-electron chi connectivity index (χ4n) is 2.76. The van der Waals surface area contributed by atoms with E-state index in [1.807, 2.05) is 9.80 Å². The van der Waals surface area contributed by atoms with Crippen molar-refractivity contribution < 1.29 is 9.53 Å². The molecule has 0 aliphatic carbocycles. The van der Waals surface area contributed by atoms with Crippen LogP contribution in [0.3, 0.4) is 0 Å². The van der Waals surface area contributed by atoms with E-state index < -0.39 is 0 Å². The van der Waals surface area contributed by atoms with Crippen molar-refractivity contribution in [3.05, 3.63) is 17.5 Å². The smallest absolute Gasteiger partial charge is 0.245 e. The van der Waals surface area contributed by atoms with Crippen LogP contribution in [0.1, 0.15) is 12.8 Å². The lowest BCUT2D eigenvalue weighted by Gasteiger charge is -2.32. The average Bonchev–Trinajstić information content (AvgIpc) is 2.97. The molecule has 2 fully saturated rings. The van der Waals surface area contributed by atoms with Crippen molar-refractivity contribution >= 4 is 23.3 Å². The SMILES string of the molecule is O=C([C@H]1CCCN1c1cncc(Cl)n1)N1CCOCC1. The Morgan fingerprint density at radius 2 is 2.10 bits per heavy atom. The molecule has 0 saturated carbocycles. The van der Waals surface area contributed by atoms with Gasteiger partial charge in [-0.3, -0.25) is 9.78 Å². The predicted molar refractivity (Wildman–Crippen MR) is 74.8 cm³/mol. The summed E-state index contributed by atoms with van der Waals surface area (Å²) in [6, 6.07) is -0.152. The maximum absolute atomic E-state index is 12.6. The van der Waals surface area contributed by atoms with E-state index in [0.717, 1.165) is 19.4 Å². The molecule has 1 aromatic heterocycles. The number of ether oxygens (including phenoxy) is 1. The van der Waals surface area contributed by atoms with Crippen LogP contribution in [0.5, 0.6) is 0 Å². The number of nitrogens with zero attached hydrogens (tertiary/aromatic N) is 4. The van der Waals surface area contributed by atoms with E-state index in [4.69, 9.17) is 16.3 Å². The van der Waals surface area contributed by atoms with Gasteiger partial charge in [-0.05, 0) is 12.8 Å². The van der Waals surface area contributed by atoms with Crippen molar-refractivity contribution in [1.29, 1.82) is 0 Å². The molecule has 2 aliphatic rings. The lowest BCUT2D eigenvalue weighted by Crippen LogP contribution is -2.50.